The first-order valence-electron chi connectivity index (χ1n) is 4.10. The Bertz CT molecular complexity index is 351. The molecule has 0 saturated carbocycles. The van der Waals surface area contributed by atoms with E-state index >= 15 is 0 Å². The molecule has 1 rings (SSSR count). The zero-order chi connectivity index (χ0) is 11.3. The topological polar surface area (TPSA) is 55.3 Å². The van der Waals surface area contributed by atoms with Gasteiger partial charge in [-0.25, -0.2) is 4.79 Å². The number of aromatic nitrogens is 2. The number of hydrogen-bond acceptors (Lipinski definition) is 6. The predicted molar refractivity (Wildman–Crippen MR) is 60.5 cm³/mol. The van der Waals surface area contributed by atoms with Gasteiger partial charge in [-0.1, -0.05) is 17.8 Å². The highest BCUT2D eigenvalue weighted by molar-refractivity contribution is 8.01. The van der Waals surface area contributed by atoms with Gasteiger partial charge in [0.05, 0.1) is 0 Å². The Morgan fingerprint density at radius 3 is 3.07 bits per heavy atom. The van der Waals surface area contributed by atoms with Gasteiger partial charge in [-0.2, -0.15) is 4.98 Å². The van der Waals surface area contributed by atoms with E-state index in [0.29, 0.717) is 0 Å². The molecule has 1 aromatic rings. The van der Waals surface area contributed by atoms with Gasteiger partial charge in [-0.05, 0) is 11.5 Å². The van der Waals surface area contributed by atoms with E-state index in [1.54, 1.807) is 20.2 Å². The molecule has 0 aliphatic carbocycles. The number of ether oxygens (including phenoxy) is 1. The summed E-state index contributed by atoms with van der Waals surface area (Å²) in [7, 11) is 3.20. The Hall–Kier alpha value is -1.08. The van der Waals surface area contributed by atoms with Crippen molar-refractivity contribution in [3.8, 4) is 6.01 Å². The first-order chi connectivity index (χ1) is 7.13. The molecule has 1 amide bonds. The molecule has 0 saturated heterocycles. The second kappa shape index (κ2) is 5.72. The van der Waals surface area contributed by atoms with Crippen LogP contribution in [-0.4, -0.2) is 40.2 Å². The van der Waals surface area contributed by atoms with Crippen LogP contribution in [0.2, 0.25) is 0 Å². The van der Waals surface area contributed by atoms with Crippen molar-refractivity contribution in [1.82, 2.24) is 14.3 Å². The molecule has 0 spiro atoms. The summed E-state index contributed by atoms with van der Waals surface area (Å²) in [6.07, 6.45) is 1.30. The van der Waals surface area contributed by atoms with Gasteiger partial charge in [0.2, 0.25) is 0 Å². The van der Waals surface area contributed by atoms with Crippen LogP contribution in [0.25, 0.3) is 0 Å². The van der Waals surface area contributed by atoms with Crippen LogP contribution >= 0.6 is 23.3 Å². The van der Waals surface area contributed by atoms with Crippen LogP contribution in [0.3, 0.4) is 0 Å². The van der Waals surface area contributed by atoms with Crippen molar-refractivity contribution in [2.75, 3.05) is 19.8 Å². The molecule has 0 aromatic carbocycles. The third-order valence-corrected chi connectivity index (χ3v) is 3.07. The summed E-state index contributed by atoms with van der Waals surface area (Å²) in [6, 6.07) is 0.102. The molecule has 1 heterocycles. The maximum Gasteiger partial charge on any atom is 0.417 e. The zero-order valence-electron chi connectivity index (χ0n) is 8.47. The molecular weight excluding hydrogens is 234 g/mol. The minimum absolute atomic E-state index is 0.102. The van der Waals surface area contributed by atoms with Crippen molar-refractivity contribution in [3.05, 3.63) is 12.7 Å². The van der Waals surface area contributed by atoms with E-state index in [1.165, 1.54) is 28.2 Å². The molecule has 15 heavy (non-hydrogen) atoms. The number of carbonyl (C=O) groups excluding carboxylic acids is 1. The average molecular weight is 245 g/mol. The van der Waals surface area contributed by atoms with E-state index in [0.717, 1.165) is 10.1 Å². The number of nitrogens with zero attached hydrogens (tertiary/aromatic N) is 3. The minimum Gasteiger partial charge on any atom is -0.373 e. The fourth-order valence-electron chi connectivity index (χ4n) is 0.597. The molecular formula is C8H11N3O2S2. The average Bonchev–Trinajstić information content (AvgIpc) is 2.62. The molecule has 82 valence electrons. The van der Waals surface area contributed by atoms with Gasteiger partial charge < -0.3 is 9.64 Å². The lowest BCUT2D eigenvalue weighted by molar-refractivity contribution is 0.168. The molecule has 0 N–H and O–H groups in total. The maximum atomic E-state index is 11.1. The van der Waals surface area contributed by atoms with E-state index in [9.17, 15) is 4.79 Å². The van der Waals surface area contributed by atoms with Crippen molar-refractivity contribution >= 4 is 29.4 Å². The van der Waals surface area contributed by atoms with Crippen molar-refractivity contribution in [1.29, 1.82) is 0 Å². The van der Waals surface area contributed by atoms with Crippen LogP contribution in [-0.2, 0) is 0 Å². The van der Waals surface area contributed by atoms with E-state index < -0.39 is 6.09 Å². The van der Waals surface area contributed by atoms with Crippen molar-refractivity contribution in [3.63, 3.8) is 0 Å². The second-order valence-electron chi connectivity index (χ2n) is 2.70. The highest BCUT2D eigenvalue weighted by atomic mass is 32.2. The van der Waals surface area contributed by atoms with Crippen molar-refractivity contribution in [2.45, 2.75) is 4.34 Å². The summed E-state index contributed by atoms with van der Waals surface area (Å²) in [5.41, 5.74) is 0. The van der Waals surface area contributed by atoms with Crippen LogP contribution in [0.1, 0.15) is 0 Å². The normalized spacial score (nSPS) is 9.73. The molecule has 0 fully saturated rings. The molecule has 1 aromatic heterocycles. The number of hydrogen-bond donors (Lipinski definition) is 0. The van der Waals surface area contributed by atoms with Gasteiger partial charge in [0.25, 0.3) is 0 Å². The summed E-state index contributed by atoms with van der Waals surface area (Å²) in [6.45, 7) is 3.60. The standard InChI is InChI=1S/C8H11N3O2S2/c1-4-5-14-7-9-6(10-15-7)13-8(12)11(2)3/h4H,1,5H2,2-3H3. The lowest BCUT2D eigenvalue weighted by Gasteiger charge is -2.06. The smallest absolute Gasteiger partial charge is 0.373 e. The third kappa shape index (κ3) is 3.88. The fourth-order valence-corrected chi connectivity index (χ4v) is 1.88. The molecule has 0 aliphatic rings. The number of carbonyl (C=O) groups is 1. The minimum atomic E-state index is -0.479. The first kappa shape index (κ1) is 12.0. The van der Waals surface area contributed by atoms with Crippen LogP contribution < -0.4 is 4.74 Å². The summed E-state index contributed by atoms with van der Waals surface area (Å²) in [5.74, 6) is 0.760. The molecule has 0 aliphatic heterocycles. The quantitative estimate of drug-likeness (QED) is 0.599. The number of amides is 1. The highest BCUT2D eigenvalue weighted by Gasteiger charge is 2.11. The predicted octanol–water partition coefficient (Wildman–Crippen LogP) is 1.88. The first-order valence-corrected chi connectivity index (χ1v) is 5.86. The Labute approximate surface area is 96.3 Å². The molecule has 7 heteroatoms. The van der Waals surface area contributed by atoms with Gasteiger partial charge in [0, 0.05) is 19.8 Å². The Morgan fingerprint density at radius 2 is 2.47 bits per heavy atom. The molecule has 0 bridgehead atoms. The number of thioether (sulfide) groups is 1. The highest BCUT2D eigenvalue weighted by Crippen LogP contribution is 2.22. The van der Waals surface area contributed by atoms with E-state index in [4.69, 9.17) is 4.74 Å². The Morgan fingerprint density at radius 1 is 1.73 bits per heavy atom. The molecule has 5 nitrogen and oxygen atoms in total. The van der Waals surface area contributed by atoms with Gasteiger partial charge in [-0.15, -0.1) is 11.0 Å². The van der Waals surface area contributed by atoms with Crippen LogP contribution in [0.5, 0.6) is 6.01 Å². The summed E-state index contributed by atoms with van der Waals surface area (Å²) < 4.78 is 9.53. The maximum absolute atomic E-state index is 11.1. The van der Waals surface area contributed by atoms with Crippen LogP contribution in [0.15, 0.2) is 17.0 Å². The molecule has 0 radical (unpaired) electrons. The van der Waals surface area contributed by atoms with Gasteiger partial charge >= 0.3 is 12.1 Å². The van der Waals surface area contributed by atoms with Gasteiger partial charge in [0.1, 0.15) is 0 Å². The monoisotopic (exact) mass is 245 g/mol. The lowest BCUT2D eigenvalue weighted by atomic mass is 10.8. The van der Waals surface area contributed by atoms with E-state index in [-0.39, 0.29) is 6.01 Å². The zero-order valence-corrected chi connectivity index (χ0v) is 10.1. The van der Waals surface area contributed by atoms with Crippen molar-refractivity contribution in [2.24, 2.45) is 0 Å². The van der Waals surface area contributed by atoms with Crippen LogP contribution in [0.4, 0.5) is 4.79 Å². The lowest BCUT2D eigenvalue weighted by Crippen LogP contribution is -2.25. The SMILES string of the molecule is C=CCSc1nc(OC(=O)N(C)C)ns1. The summed E-state index contributed by atoms with van der Waals surface area (Å²) >= 11 is 2.70. The van der Waals surface area contributed by atoms with Gasteiger partial charge in [0.15, 0.2) is 4.34 Å². The second-order valence-corrected chi connectivity index (χ2v) is 4.72. The number of rotatable bonds is 4. The Balaban J connectivity index is 2.52. The molecule has 0 atom stereocenters. The van der Waals surface area contributed by atoms with E-state index in [2.05, 4.69) is 15.9 Å². The Kier molecular flexibility index (Phi) is 4.57. The van der Waals surface area contributed by atoms with Crippen molar-refractivity contribution < 1.29 is 9.53 Å². The largest absolute Gasteiger partial charge is 0.417 e. The summed E-state index contributed by atoms with van der Waals surface area (Å²) in [5, 5.41) is 0. The van der Waals surface area contributed by atoms with E-state index in [1.807, 2.05) is 0 Å². The van der Waals surface area contributed by atoms with Crippen LogP contribution in [0, 0.1) is 0 Å². The molecule has 0 unspecified atom stereocenters. The van der Waals surface area contributed by atoms with Gasteiger partial charge in [-0.3, -0.25) is 0 Å². The third-order valence-electron chi connectivity index (χ3n) is 1.26. The fraction of sp³-hybridized carbons (Fsp3) is 0.375. The summed E-state index contributed by atoms with van der Waals surface area (Å²) in [4.78, 5) is 16.5.